The van der Waals surface area contributed by atoms with E-state index in [9.17, 15) is 0 Å². The van der Waals surface area contributed by atoms with Crippen molar-refractivity contribution in [1.29, 1.82) is 0 Å². The van der Waals surface area contributed by atoms with Crippen molar-refractivity contribution in [3.8, 4) is 0 Å². The van der Waals surface area contributed by atoms with Gasteiger partial charge in [-0.05, 0) is 0 Å². The Morgan fingerprint density at radius 3 is 3.19 bits per heavy atom. The molecule has 0 amide bonds. The zero-order chi connectivity index (χ0) is 11.4. The molecule has 16 heavy (non-hydrogen) atoms. The van der Waals surface area contributed by atoms with Crippen molar-refractivity contribution < 1.29 is 14.2 Å². The van der Waals surface area contributed by atoms with Crippen LogP contribution in [0.25, 0.3) is 0 Å². The molecule has 0 bridgehead atoms. The van der Waals surface area contributed by atoms with Gasteiger partial charge in [-0.2, -0.15) is 0 Å². The molecule has 0 aliphatic carbocycles. The highest BCUT2D eigenvalue weighted by atomic mass is 35.5. The third-order valence-electron chi connectivity index (χ3n) is 2.06. The van der Waals surface area contributed by atoms with E-state index in [-0.39, 0.29) is 6.10 Å². The second-order valence-corrected chi connectivity index (χ2v) is 3.61. The van der Waals surface area contributed by atoms with E-state index >= 15 is 0 Å². The van der Waals surface area contributed by atoms with Gasteiger partial charge in [-0.1, -0.05) is 11.6 Å². The minimum atomic E-state index is -0.569. The van der Waals surface area contributed by atoms with E-state index in [4.69, 9.17) is 25.8 Å². The SMILES string of the molecule is COC1OCC(CNc2cc(Cl)ncn2)O1. The standard InChI is InChI=1S/C9H12ClN3O3/c1-14-9-15-4-6(16-9)3-11-8-2-7(10)12-5-13-8/h2,5-6,9H,3-4H2,1H3,(H,11,12,13). The number of aromatic nitrogens is 2. The van der Waals surface area contributed by atoms with Crippen LogP contribution in [0.4, 0.5) is 5.82 Å². The Kier molecular flexibility index (Phi) is 3.89. The predicted octanol–water partition coefficient (Wildman–Crippen LogP) is 0.887. The minimum Gasteiger partial charge on any atom is -0.367 e. The fraction of sp³-hybridized carbons (Fsp3) is 0.556. The van der Waals surface area contributed by atoms with E-state index in [0.29, 0.717) is 24.1 Å². The molecular weight excluding hydrogens is 234 g/mol. The first-order valence-electron chi connectivity index (χ1n) is 4.79. The van der Waals surface area contributed by atoms with Gasteiger partial charge in [0.25, 0.3) is 6.48 Å². The monoisotopic (exact) mass is 245 g/mol. The zero-order valence-electron chi connectivity index (χ0n) is 8.72. The van der Waals surface area contributed by atoms with Gasteiger partial charge in [0.1, 0.15) is 23.4 Å². The fourth-order valence-corrected chi connectivity index (χ4v) is 1.45. The van der Waals surface area contributed by atoms with Gasteiger partial charge >= 0.3 is 0 Å². The quantitative estimate of drug-likeness (QED) is 0.795. The molecule has 0 radical (unpaired) electrons. The summed E-state index contributed by atoms with van der Waals surface area (Å²) in [6.07, 6.45) is 1.34. The summed E-state index contributed by atoms with van der Waals surface area (Å²) in [7, 11) is 1.53. The minimum absolute atomic E-state index is 0.0568. The van der Waals surface area contributed by atoms with Crippen molar-refractivity contribution in [2.45, 2.75) is 12.6 Å². The number of nitrogens with one attached hydrogen (secondary N) is 1. The van der Waals surface area contributed by atoms with Crippen LogP contribution in [-0.4, -0.2) is 42.8 Å². The van der Waals surface area contributed by atoms with Gasteiger partial charge in [-0.25, -0.2) is 9.97 Å². The molecule has 1 aliphatic rings. The molecule has 2 unspecified atom stereocenters. The van der Waals surface area contributed by atoms with Crippen molar-refractivity contribution in [1.82, 2.24) is 9.97 Å². The summed E-state index contributed by atoms with van der Waals surface area (Å²) in [5.41, 5.74) is 0. The van der Waals surface area contributed by atoms with Crippen molar-refractivity contribution >= 4 is 17.4 Å². The summed E-state index contributed by atoms with van der Waals surface area (Å²) in [6.45, 7) is 0.498. The van der Waals surface area contributed by atoms with Gasteiger partial charge < -0.3 is 19.5 Å². The first kappa shape index (κ1) is 11.5. The van der Waals surface area contributed by atoms with Crippen molar-refractivity contribution in [3.05, 3.63) is 17.5 Å². The maximum absolute atomic E-state index is 5.72. The third-order valence-corrected chi connectivity index (χ3v) is 2.27. The molecule has 7 heteroatoms. The Balaban J connectivity index is 1.80. The van der Waals surface area contributed by atoms with Crippen LogP contribution < -0.4 is 5.32 Å². The van der Waals surface area contributed by atoms with Gasteiger partial charge in [-0.3, -0.25) is 0 Å². The maximum Gasteiger partial charge on any atom is 0.271 e. The normalized spacial score (nSPS) is 24.6. The number of methoxy groups -OCH3 is 1. The smallest absolute Gasteiger partial charge is 0.271 e. The van der Waals surface area contributed by atoms with Crippen LogP contribution in [0, 0.1) is 0 Å². The summed E-state index contributed by atoms with van der Waals surface area (Å²) >= 11 is 5.72. The summed E-state index contributed by atoms with van der Waals surface area (Å²) < 4.78 is 15.5. The maximum atomic E-state index is 5.72. The molecule has 1 N–H and O–H groups in total. The van der Waals surface area contributed by atoms with Gasteiger partial charge in [-0.15, -0.1) is 0 Å². The average Bonchev–Trinajstić information content (AvgIpc) is 2.74. The second-order valence-electron chi connectivity index (χ2n) is 3.22. The summed E-state index contributed by atoms with van der Waals surface area (Å²) in [4.78, 5) is 7.79. The lowest BCUT2D eigenvalue weighted by Gasteiger charge is -2.11. The van der Waals surface area contributed by atoms with Crippen LogP contribution in [0.5, 0.6) is 0 Å². The van der Waals surface area contributed by atoms with Crippen LogP contribution in [0.2, 0.25) is 5.15 Å². The highest BCUT2D eigenvalue weighted by Gasteiger charge is 2.25. The lowest BCUT2D eigenvalue weighted by molar-refractivity contribution is -0.221. The van der Waals surface area contributed by atoms with Crippen LogP contribution in [0.15, 0.2) is 12.4 Å². The Labute approximate surface area is 97.9 Å². The second kappa shape index (κ2) is 5.40. The molecule has 2 atom stereocenters. The molecule has 0 aromatic carbocycles. The molecular formula is C9H12ClN3O3. The summed E-state index contributed by atoms with van der Waals surface area (Å²) in [5.74, 6) is 0.657. The van der Waals surface area contributed by atoms with Crippen LogP contribution in [0.1, 0.15) is 0 Å². The van der Waals surface area contributed by atoms with Gasteiger partial charge in [0.05, 0.1) is 6.61 Å². The van der Waals surface area contributed by atoms with Crippen LogP contribution in [-0.2, 0) is 14.2 Å². The molecule has 88 valence electrons. The molecule has 1 saturated heterocycles. The molecule has 1 fully saturated rings. The highest BCUT2D eigenvalue weighted by Crippen LogP contribution is 2.13. The van der Waals surface area contributed by atoms with Crippen molar-refractivity contribution in [2.24, 2.45) is 0 Å². The Bertz CT molecular complexity index is 353. The van der Waals surface area contributed by atoms with Crippen molar-refractivity contribution in [2.75, 3.05) is 25.6 Å². The van der Waals surface area contributed by atoms with Crippen LogP contribution >= 0.6 is 11.6 Å². The number of hydrogen-bond acceptors (Lipinski definition) is 6. The largest absolute Gasteiger partial charge is 0.367 e. The summed E-state index contributed by atoms with van der Waals surface area (Å²) in [5, 5.41) is 3.47. The van der Waals surface area contributed by atoms with Crippen LogP contribution in [0.3, 0.4) is 0 Å². The lowest BCUT2D eigenvalue weighted by atomic mass is 10.4. The highest BCUT2D eigenvalue weighted by molar-refractivity contribution is 6.29. The molecule has 1 aromatic rings. The first-order valence-corrected chi connectivity index (χ1v) is 5.17. The first-order chi connectivity index (χ1) is 7.78. The van der Waals surface area contributed by atoms with E-state index < -0.39 is 6.48 Å². The molecule has 0 spiro atoms. The fourth-order valence-electron chi connectivity index (χ4n) is 1.30. The number of halogens is 1. The van der Waals surface area contributed by atoms with E-state index in [1.807, 2.05) is 0 Å². The topological polar surface area (TPSA) is 65.5 Å². The Hall–Kier alpha value is -0.950. The number of rotatable bonds is 4. The van der Waals surface area contributed by atoms with E-state index in [0.717, 1.165) is 0 Å². The molecule has 1 aliphatic heterocycles. The van der Waals surface area contributed by atoms with E-state index in [1.54, 1.807) is 6.07 Å². The number of hydrogen-bond donors (Lipinski definition) is 1. The number of nitrogens with zero attached hydrogens (tertiary/aromatic N) is 2. The van der Waals surface area contributed by atoms with Gasteiger partial charge in [0.2, 0.25) is 0 Å². The molecule has 6 nitrogen and oxygen atoms in total. The third kappa shape index (κ3) is 3.02. The van der Waals surface area contributed by atoms with Gasteiger partial charge in [0.15, 0.2) is 0 Å². The molecule has 1 aromatic heterocycles. The lowest BCUT2D eigenvalue weighted by Crippen LogP contribution is -2.23. The molecule has 2 heterocycles. The zero-order valence-corrected chi connectivity index (χ0v) is 9.48. The van der Waals surface area contributed by atoms with E-state index in [2.05, 4.69) is 15.3 Å². The molecule has 0 saturated carbocycles. The van der Waals surface area contributed by atoms with Crippen molar-refractivity contribution in [3.63, 3.8) is 0 Å². The Morgan fingerprint density at radius 2 is 2.50 bits per heavy atom. The van der Waals surface area contributed by atoms with Gasteiger partial charge in [0, 0.05) is 19.7 Å². The average molecular weight is 246 g/mol. The predicted molar refractivity (Wildman–Crippen MR) is 57.2 cm³/mol. The number of anilines is 1. The van der Waals surface area contributed by atoms with E-state index in [1.165, 1.54) is 13.4 Å². The number of ether oxygens (including phenoxy) is 3. The Morgan fingerprint density at radius 1 is 1.62 bits per heavy atom. The summed E-state index contributed by atoms with van der Waals surface area (Å²) in [6, 6.07) is 1.64. The molecule has 2 rings (SSSR count).